The monoisotopic (exact) mass is 348 g/mol. The van der Waals surface area contributed by atoms with Gasteiger partial charge in [-0.1, -0.05) is 61.0 Å². The van der Waals surface area contributed by atoms with Gasteiger partial charge in [0.1, 0.15) is 0 Å². The summed E-state index contributed by atoms with van der Waals surface area (Å²) in [4.78, 5) is 0. The standard InChI is InChI=1S/C25H32O/c1-3-4-5-6-20-7-11-22(12-8-20)24-15-17-25(18-16-24)23-13-9-21(10-14-23)19-26-2/h3,9-10,13-18,20,22H,1,4-8,11-12,19H2,2H3/t20-,22-. The van der Waals surface area contributed by atoms with Gasteiger partial charge in [-0.25, -0.2) is 0 Å². The topological polar surface area (TPSA) is 9.23 Å². The molecule has 26 heavy (non-hydrogen) atoms. The van der Waals surface area contributed by atoms with E-state index in [1.54, 1.807) is 7.11 Å². The van der Waals surface area contributed by atoms with Crippen LogP contribution < -0.4 is 0 Å². The Balaban J connectivity index is 1.55. The first-order chi connectivity index (χ1) is 12.8. The third kappa shape index (κ3) is 5.08. The molecule has 0 atom stereocenters. The summed E-state index contributed by atoms with van der Waals surface area (Å²) in [5.41, 5.74) is 5.32. The number of hydrogen-bond donors (Lipinski definition) is 0. The maximum Gasteiger partial charge on any atom is 0.0713 e. The van der Waals surface area contributed by atoms with Crippen molar-refractivity contribution in [3.8, 4) is 11.1 Å². The molecule has 0 amide bonds. The van der Waals surface area contributed by atoms with Crippen LogP contribution >= 0.6 is 0 Å². The van der Waals surface area contributed by atoms with E-state index < -0.39 is 0 Å². The molecular weight excluding hydrogens is 316 g/mol. The Labute approximate surface area is 159 Å². The average molecular weight is 349 g/mol. The van der Waals surface area contributed by atoms with Gasteiger partial charge in [0, 0.05) is 7.11 Å². The van der Waals surface area contributed by atoms with Crippen LogP contribution in [0.4, 0.5) is 0 Å². The Morgan fingerprint density at radius 1 is 0.923 bits per heavy atom. The molecule has 1 aliphatic carbocycles. The summed E-state index contributed by atoms with van der Waals surface area (Å²) < 4.78 is 5.19. The Morgan fingerprint density at radius 3 is 2.12 bits per heavy atom. The Kier molecular flexibility index (Phi) is 7.08. The van der Waals surface area contributed by atoms with E-state index >= 15 is 0 Å². The lowest BCUT2D eigenvalue weighted by Gasteiger charge is -2.29. The number of ether oxygens (including phenoxy) is 1. The number of hydrogen-bond acceptors (Lipinski definition) is 1. The van der Waals surface area contributed by atoms with Crippen molar-refractivity contribution < 1.29 is 4.74 Å². The third-order valence-electron chi connectivity index (χ3n) is 5.85. The maximum atomic E-state index is 5.19. The minimum absolute atomic E-state index is 0.676. The molecule has 0 N–H and O–H groups in total. The zero-order valence-electron chi connectivity index (χ0n) is 16.1. The van der Waals surface area contributed by atoms with E-state index in [2.05, 4.69) is 61.2 Å². The van der Waals surface area contributed by atoms with Crippen molar-refractivity contribution >= 4 is 0 Å². The Hall–Kier alpha value is -1.86. The van der Waals surface area contributed by atoms with Crippen molar-refractivity contribution in [2.24, 2.45) is 5.92 Å². The molecule has 0 radical (unpaired) electrons. The van der Waals surface area contributed by atoms with Crippen LogP contribution in [-0.2, 0) is 11.3 Å². The molecule has 1 heteroatoms. The first-order valence-corrected chi connectivity index (χ1v) is 10.1. The van der Waals surface area contributed by atoms with Crippen LogP contribution in [0, 0.1) is 5.92 Å². The number of methoxy groups -OCH3 is 1. The van der Waals surface area contributed by atoms with E-state index in [1.807, 2.05) is 0 Å². The number of benzene rings is 2. The molecule has 138 valence electrons. The number of unbranched alkanes of at least 4 members (excludes halogenated alkanes) is 1. The molecule has 2 aromatic rings. The molecule has 0 spiro atoms. The van der Waals surface area contributed by atoms with E-state index in [9.17, 15) is 0 Å². The van der Waals surface area contributed by atoms with Crippen molar-refractivity contribution in [2.45, 2.75) is 57.5 Å². The van der Waals surface area contributed by atoms with Crippen LogP contribution in [0.5, 0.6) is 0 Å². The summed E-state index contributed by atoms with van der Waals surface area (Å²) in [5, 5.41) is 0. The quantitative estimate of drug-likeness (QED) is 0.364. The zero-order valence-corrected chi connectivity index (χ0v) is 16.1. The first-order valence-electron chi connectivity index (χ1n) is 10.1. The molecule has 0 bridgehead atoms. The summed E-state index contributed by atoms with van der Waals surface area (Å²) in [6.07, 6.45) is 11.4. The molecule has 1 fully saturated rings. The molecule has 1 saturated carbocycles. The van der Waals surface area contributed by atoms with Gasteiger partial charge >= 0.3 is 0 Å². The molecule has 1 nitrogen and oxygen atoms in total. The van der Waals surface area contributed by atoms with Crippen LogP contribution in [0.1, 0.15) is 62.0 Å². The summed E-state index contributed by atoms with van der Waals surface area (Å²) in [6.45, 7) is 4.51. The molecule has 3 rings (SSSR count). The smallest absolute Gasteiger partial charge is 0.0713 e. The first kappa shape index (κ1) is 18.9. The van der Waals surface area contributed by atoms with Crippen molar-refractivity contribution in [3.05, 3.63) is 72.3 Å². The van der Waals surface area contributed by atoms with Crippen LogP contribution in [0.2, 0.25) is 0 Å². The maximum absolute atomic E-state index is 5.19. The second kappa shape index (κ2) is 9.73. The van der Waals surface area contributed by atoms with E-state index in [0.717, 1.165) is 11.8 Å². The van der Waals surface area contributed by atoms with Crippen LogP contribution in [0.3, 0.4) is 0 Å². The second-order valence-corrected chi connectivity index (χ2v) is 7.69. The SMILES string of the molecule is C=CCCC[C@H]1CC[C@H](c2ccc(-c3ccc(COC)cc3)cc2)CC1. The highest BCUT2D eigenvalue weighted by molar-refractivity contribution is 5.64. The molecule has 0 heterocycles. The fourth-order valence-corrected chi connectivity index (χ4v) is 4.24. The highest BCUT2D eigenvalue weighted by atomic mass is 16.5. The lowest BCUT2D eigenvalue weighted by Crippen LogP contribution is -2.13. The van der Waals surface area contributed by atoms with Gasteiger partial charge in [0.15, 0.2) is 0 Å². The van der Waals surface area contributed by atoms with Crippen molar-refractivity contribution in [3.63, 3.8) is 0 Å². The third-order valence-corrected chi connectivity index (χ3v) is 5.85. The fraction of sp³-hybridized carbons (Fsp3) is 0.440. The summed E-state index contributed by atoms with van der Waals surface area (Å²) in [7, 11) is 1.74. The lowest BCUT2D eigenvalue weighted by molar-refractivity contribution is 0.185. The number of allylic oxidation sites excluding steroid dienone is 1. The van der Waals surface area contributed by atoms with Gasteiger partial charge in [0.25, 0.3) is 0 Å². The normalized spacial score (nSPS) is 20.0. The van der Waals surface area contributed by atoms with Gasteiger partial charge < -0.3 is 4.74 Å². The average Bonchev–Trinajstić information content (AvgIpc) is 2.70. The zero-order chi connectivity index (χ0) is 18.2. The van der Waals surface area contributed by atoms with Gasteiger partial charge in [0.2, 0.25) is 0 Å². The highest BCUT2D eigenvalue weighted by Crippen LogP contribution is 2.38. The van der Waals surface area contributed by atoms with Crippen LogP contribution in [0.15, 0.2) is 61.2 Å². The molecular formula is C25H32O. The summed E-state index contributed by atoms with van der Waals surface area (Å²) >= 11 is 0. The summed E-state index contributed by atoms with van der Waals surface area (Å²) in [5.74, 6) is 1.69. The number of rotatable bonds is 8. The van der Waals surface area contributed by atoms with Crippen molar-refractivity contribution in [1.29, 1.82) is 0 Å². The Morgan fingerprint density at radius 2 is 1.54 bits per heavy atom. The molecule has 2 aromatic carbocycles. The van der Waals surface area contributed by atoms with Crippen LogP contribution in [0.25, 0.3) is 11.1 Å². The van der Waals surface area contributed by atoms with Crippen molar-refractivity contribution in [2.75, 3.05) is 7.11 Å². The molecule has 0 aliphatic heterocycles. The summed E-state index contributed by atoms with van der Waals surface area (Å²) in [6, 6.07) is 18.0. The van der Waals surface area contributed by atoms with Crippen molar-refractivity contribution in [1.82, 2.24) is 0 Å². The molecule has 0 saturated heterocycles. The van der Waals surface area contributed by atoms with Gasteiger partial charge in [-0.15, -0.1) is 6.58 Å². The van der Waals surface area contributed by atoms with E-state index in [0.29, 0.717) is 6.61 Å². The van der Waals surface area contributed by atoms with E-state index in [-0.39, 0.29) is 0 Å². The van der Waals surface area contributed by atoms with Gasteiger partial charge in [-0.3, -0.25) is 0 Å². The van der Waals surface area contributed by atoms with Crippen LogP contribution in [-0.4, -0.2) is 7.11 Å². The fourth-order valence-electron chi connectivity index (χ4n) is 4.24. The lowest BCUT2D eigenvalue weighted by atomic mass is 9.77. The van der Waals surface area contributed by atoms with Gasteiger partial charge in [-0.2, -0.15) is 0 Å². The molecule has 0 unspecified atom stereocenters. The predicted octanol–water partition coefficient (Wildman–Crippen LogP) is 7.13. The minimum Gasteiger partial charge on any atom is -0.380 e. The minimum atomic E-state index is 0.676. The van der Waals surface area contributed by atoms with E-state index in [1.165, 1.54) is 67.2 Å². The van der Waals surface area contributed by atoms with Gasteiger partial charge in [0.05, 0.1) is 6.61 Å². The predicted molar refractivity (Wildman–Crippen MR) is 111 cm³/mol. The Bertz CT molecular complexity index is 660. The molecule has 0 aromatic heterocycles. The highest BCUT2D eigenvalue weighted by Gasteiger charge is 2.21. The van der Waals surface area contributed by atoms with Gasteiger partial charge in [-0.05, 0) is 72.6 Å². The second-order valence-electron chi connectivity index (χ2n) is 7.69. The van der Waals surface area contributed by atoms with E-state index in [4.69, 9.17) is 4.74 Å². The molecule has 1 aliphatic rings. The largest absolute Gasteiger partial charge is 0.380 e.